The lowest BCUT2D eigenvalue weighted by Crippen LogP contribution is -2.22. The Balaban J connectivity index is 1.46. The molecule has 26 heavy (non-hydrogen) atoms. The van der Waals surface area contributed by atoms with E-state index in [-0.39, 0.29) is 18.6 Å². The molecule has 5 heteroatoms. The lowest BCUT2D eigenvalue weighted by Gasteiger charge is -2.11. The van der Waals surface area contributed by atoms with Gasteiger partial charge in [0.15, 0.2) is 0 Å². The number of nitrogens with one attached hydrogen (secondary N) is 1. The first-order valence-electron chi connectivity index (χ1n) is 8.94. The topological polar surface area (TPSA) is 47.6 Å². The van der Waals surface area contributed by atoms with E-state index >= 15 is 0 Å². The van der Waals surface area contributed by atoms with Crippen LogP contribution in [-0.4, -0.2) is 31.8 Å². The van der Waals surface area contributed by atoms with Crippen molar-refractivity contribution in [3.8, 4) is 0 Å². The van der Waals surface area contributed by atoms with Crippen molar-refractivity contribution >= 4 is 23.4 Å². The summed E-state index contributed by atoms with van der Waals surface area (Å²) in [7, 11) is 0. The molecule has 1 aliphatic rings. The molecule has 0 spiro atoms. The summed E-state index contributed by atoms with van der Waals surface area (Å²) in [4.78, 5) is 14.3. The SMILES string of the molecule is Cc1ccc(Sc2ccc(NC(=O)COCC3CCCO3)cc2)c(C)c1. The number of benzene rings is 2. The molecule has 1 aliphatic heterocycles. The van der Waals surface area contributed by atoms with E-state index in [0.717, 1.165) is 30.0 Å². The maximum Gasteiger partial charge on any atom is 0.250 e. The number of carbonyl (C=O) groups excluding carboxylic acids is 1. The molecule has 2 aromatic carbocycles. The van der Waals surface area contributed by atoms with E-state index < -0.39 is 0 Å². The number of aryl methyl sites for hydroxylation is 2. The fourth-order valence-electron chi connectivity index (χ4n) is 2.90. The first-order valence-corrected chi connectivity index (χ1v) is 9.76. The Bertz CT molecular complexity index is 739. The smallest absolute Gasteiger partial charge is 0.250 e. The van der Waals surface area contributed by atoms with Gasteiger partial charge >= 0.3 is 0 Å². The number of amides is 1. The maximum absolute atomic E-state index is 12.0. The van der Waals surface area contributed by atoms with Crippen LogP contribution in [0.1, 0.15) is 24.0 Å². The van der Waals surface area contributed by atoms with Crippen LogP contribution < -0.4 is 5.32 Å². The van der Waals surface area contributed by atoms with Crippen LogP contribution in [0.5, 0.6) is 0 Å². The number of carbonyl (C=O) groups is 1. The standard InChI is InChI=1S/C21H25NO3S/c1-15-5-10-20(16(2)12-15)26-19-8-6-17(7-9-19)22-21(23)14-24-13-18-4-3-11-25-18/h5-10,12,18H,3-4,11,13-14H2,1-2H3,(H,22,23). The van der Waals surface area contributed by atoms with E-state index in [0.29, 0.717) is 6.61 Å². The third-order valence-electron chi connectivity index (χ3n) is 4.26. The van der Waals surface area contributed by atoms with Crippen molar-refractivity contribution in [1.82, 2.24) is 0 Å². The second-order valence-corrected chi connectivity index (χ2v) is 7.71. The summed E-state index contributed by atoms with van der Waals surface area (Å²) in [6, 6.07) is 14.3. The average Bonchev–Trinajstić information content (AvgIpc) is 3.12. The molecule has 4 nitrogen and oxygen atoms in total. The molecule has 1 N–H and O–H groups in total. The van der Waals surface area contributed by atoms with Gasteiger partial charge in [0.1, 0.15) is 6.61 Å². The van der Waals surface area contributed by atoms with Gasteiger partial charge in [-0.05, 0) is 62.6 Å². The van der Waals surface area contributed by atoms with E-state index in [1.54, 1.807) is 11.8 Å². The molecule has 0 bridgehead atoms. The zero-order valence-corrected chi connectivity index (χ0v) is 16.1. The number of hydrogen-bond acceptors (Lipinski definition) is 4. The zero-order valence-electron chi connectivity index (χ0n) is 15.3. The van der Waals surface area contributed by atoms with E-state index in [2.05, 4.69) is 37.4 Å². The Hall–Kier alpha value is -1.82. The van der Waals surface area contributed by atoms with Gasteiger partial charge in [-0.1, -0.05) is 29.5 Å². The maximum atomic E-state index is 12.0. The largest absolute Gasteiger partial charge is 0.376 e. The second kappa shape index (κ2) is 9.21. The van der Waals surface area contributed by atoms with Crippen LogP contribution in [0.2, 0.25) is 0 Å². The van der Waals surface area contributed by atoms with Gasteiger partial charge in [-0.2, -0.15) is 0 Å². The Kier molecular flexibility index (Phi) is 6.72. The summed E-state index contributed by atoms with van der Waals surface area (Å²) >= 11 is 1.73. The lowest BCUT2D eigenvalue weighted by atomic mass is 10.2. The molecule has 0 radical (unpaired) electrons. The molecule has 0 aromatic heterocycles. The Morgan fingerprint density at radius 2 is 2.04 bits per heavy atom. The van der Waals surface area contributed by atoms with Gasteiger partial charge in [0, 0.05) is 22.1 Å². The van der Waals surface area contributed by atoms with E-state index in [9.17, 15) is 4.79 Å². The highest BCUT2D eigenvalue weighted by Crippen LogP contribution is 2.31. The molecule has 1 saturated heterocycles. The number of ether oxygens (including phenoxy) is 2. The number of anilines is 1. The van der Waals surface area contributed by atoms with Gasteiger partial charge in [-0.15, -0.1) is 0 Å². The third kappa shape index (κ3) is 5.59. The summed E-state index contributed by atoms with van der Waals surface area (Å²) in [5, 5.41) is 2.86. The Morgan fingerprint density at radius 1 is 1.23 bits per heavy atom. The first-order chi connectivity index (χ1) is 12.6. The summed E-state index contributed by atoms with van der Waals surface area (Å²) < 4.78 is 10.9. The number of rotatable bonds is 7. The van der Waals surface area contributed by atoms with Gasteiger partial charge in [-0.3, -0.25) is 4.79 Å². The Labute approximate surface area is 159 Å². The van der Waals surface area contributed by atoms with Crippen molar-refractivity contribution in [1.29, 1.82) is 0 Å². The van der Waals surface area contributed by atoms with Crippen LogP contribution >= 0.6 is 11.8 Å². The van der Waals surface area contributed by atoms with Crippen LogP contribution in [0.4, 0.5) is 5.69 Å². The zero-order chi connectivity index (χ0) is 18.4. The molecule has 138 valence electrons. The third-order valence-corrected chi connectivity index (χ3v) is 5.44. The molecule has 2 aromatic rings. The fourth-order valence-corrected chi connectivity index (χ4v) is 3.79. The molecule has 1 amide bonds. The normalized spacial score (nSPS) is 16.6. The molecule has 1 unspecified atom stereocenters. The van der Waals surface area contributed by atoms with Crippen LogP contribution in [-0.2, 0) is 14.3 Å². The first kappa shape index (κ1) is 19.0. The van der Waals surface area contributed by atoms with Crippen LogP contribution in [0.3, 0.4) is 0 Å². The van der Waals surface area contributed by atoms with Crippen molar-refractivity contribution in [3.63, 3.8) is 0 Å². The minimum atomic E-state index is -0.141. The van der Waals surface area contributed by atoms with Gasteiger partial charge in [0.25, 0.3) is 0 Å². The van der Waals surface area contributed by atoms with Crippen molar-refractivity contribution in [2.24, 2.45) is 0 Å². The highest BCUT2D eigenvalue weighted by atomic mass is 32.2. The summed E-state index contributed by atoms with van der Waals surface area (Å²) in [5.74, 6) is -0.141. The minimum Gasteiger partial charge on any atom is -0.376 e. The van der Waals surface area contributed by atoms with Crippen LogP contribution in [0.25, 0.3) is 0 Å². The van der Waals surface area contributed by atoms with Gasteiger partial charge in [-0.25, -0.2) is 0 Å². The van der Waals surface area contributed by atoms with Crippen molar-refractivity contribution in [2.75, 3.05) is 25.1 Å². The number of hydrogen-bond donors (Lipinski definition) is 1. The predicted octanol–water partition coefficient (Wildman–Crippen LogP) is 4.59. The predicted molar refractivity (Wildman–Crippen MR) is 105 cm³/mol. The van der Waals surface area contributed by atoms with E-state index in [4.69, 9.17) is 9.47 Å². The highest BCUT2D eigenvalue weighted by molar-refractivity contribution is 7.99. The molecule has 3 rings (SSSR count). The van der Waals surface area contributed by atoms with Crippen molar-refractivity contribution in [3.05, 3.63) is 53.6 Å². The Morgan fingerprint density at radius 3 is 2.73 bits per heavy atom. The van der Waals surface area contributed by atoms with E-state index in [1.165, 1.54) is 16.0 Å². The summed E-state index contributed by atoms with van der Waals surface area (Å²) in [6.07, 6.45) is 2.23. The van der Waals surface area contributed by atoms with Gasteiger partial charge < -0.3 is 14.8 Å². The van der Waals surface area contributed by atoms with Crippen molar-refractivity contribution in [2.45, 2.75) is 42.6 Å². The molecular weight excluding hydrogens is 346 g/mol. The van der Waals surface area contributed by atoms with Crippen molar-refractivity contribution < 1.29 is 14.3 Å². The lowest BCUT2D eigenvalue weighted by molar-refractivity contribution is -0.121. The average molecular weight is 372 g/mol. The molecule has 1 fully saturated rings. The highest BCUT2D eigenvalue weighted by Gasteiger charge is 2.16. The fraction of sp³-hybridized carbons (Fsp3) is 0.381. The summed E-state index contributed by atoms with van der Waals surface area (Å²) in [6.45, 7) is 5.56. The molecular formula is C21H25NO3S. The van der Waals surface area contributed by atoms with Gasteiger partial charge in [0.2, 0.25) is 5.91 Å². The minimum absolute atomic E-state index is 0.0545. The monoisotopic (exact) mass is 371 g/mol. The summed E-state index contributed by atoms with van der Waals surface area (Å²) in [5.41, 5.74) is 3.32. The van der Waals surface area contributed by atoms with Crippen LogP contribution in [0.15, 0.2) is 52.3 Å². The van der Waals surface area contributed by atoms with Gasteiger partial charge in [0.05, 0.1) is 12.7 Å². The van der Waals surface area contributed by atoms with Crippen LogP contribution in [0, 0.1) is 13.8 Å². The molecule has 0 aliphatic carbocycles. The molecule has 1 heterocycles. The molecule has 0 saturated carbocycles. The van der Waals surface area contributed by atoms with E-state index in [1.807, 2.05) is 24.3 Å². The quantitative estimate of drug-likeness (QED) is 0.773. The second-order valence-electron chi connectivity index (χ2n) is 6.59. The molecule has 1 atom stereocenters.